The van der Waals surface area contributed by atoms with Crippen molar-refractivity contribution >= 4 is 65.4 Å². The number of hydrogen-bond acceptors (Lipinski definition) is 6. The van der Waals surface area contributed by atoms with Crippen molar-refractivity contribution in [3.8, 4) is 51.2 Å². The van der Waals surface area contributed by atoms with Crippen molar-refractivity contribution in [2.24, 2.45) is 0 Å². The standard InChI is InChI=1S/C33H21N4.C32H25N4.C31H23N4.3Au/c1-2-9-23(10-3-1)32(29-14-6-7-18-34-29)24-16-17-28-27-13-4-5-15-30(27)37(31(28)22-24)26-12-8-11-25(21-26)33-35-19-20-36-33;1-5-16-32(17-6-1,30-13-4-7-18-33-30)24-14-15-27-26-11-2-3-12-28(26)36(29(27)22-24)25-10-8-9-23(21-25)31-34-19-20-35-31;1-2-11-27-25(10-1)26-14-13-23(31(15-4-5-16-31)29-12-3-6-17-32-29)21-28(26)35(27)24-9-7-8-22(20-24)30-33-18-19-34-30;;;/h1-20,32H;2-4,7-15,18-20H,1,5-6,16-17H2;1-3,6-14,17-19H,4-5,15-16H2;;;/q3*-3;3*+3. The Kier molecular flexibility index (Phi) is 21.6. The second-order valence-electron chi connectivity index (χ2n) is 28.0. The Balaban J connectivity index is 0.000000125. The fraction of sp³-hybridized carbons (Fsp3) is 0.125. The van der Waals surface area contributed by atoms with E-state index in [-0.39, 0.29) is 83.9 Å². The predicted molar refractivity (Wildman–Crippen MR) is 428 cm³/mol. The fourth-order valence-corrected chi connectivity index (χ4v) is 16.9. The van der Waals surface area contributed by atoms with E-state index in [0.29, 0.717) is 17.5 Å². The van der Waals surface area contributed by atoms with E-state index in [1.807, 2.05) is 79.3 Å². The van der Waals surface area contributed by atoms with Crippen LogP contribution in [0, 0.1) is 36.4 Å². The molecule has 0 amide bonds. The van der Waals surface area contributed by atoms with Crippen molar-refractivity contribution in [1.82, 2.24) is 58.6 Å². The predicted octanol–water partition coefficient (Wildman–Crippen LogP) is 20.7. The molecule has 0 spiro atoms. The smallest absolute Gasteiger partial charge is 0.490 e. The molecule has 2 aliphatic carbocycles. The summed E-state index contributed by atoms with van der Waals surface area (Å²) in [6.45, 7) is 0. The van der Waals surface area contributed by atoms with Gasteiger partial charge in [0, 0.05) is 63.3 Å². The Morgan fingerprint density at radius 3 is 1.07 bits per heavy atom. The normalized spacial score (nSPS) is 13.9. The van der Waals surface area contributed by atoms with Crippen molar-refractivity contribution in [2.75, 3.05) is 0 Å². The molecule has 0 bridgehead atoms. The summed E-state index contributed by atoms with van der Waals surface area (Å²) in [5.74, 6) is 2.02. The van der Waals surface area contributed by atoms with E-state index >= 15 is 0 Å². The Labute approximate surface area is 691 Å². The summed E-state index contributed by atoms with van der Waals surface area (Å²) in [6, 6.07) is 109. The van der Waals surface area contributed by atoms with E-state index in [0.717, 1.165) is 121 Å². The van der Waals surface area contributed by atoms with Crippen LogP contribution in [0.4, 0.5) is 0 Å². The van der Waals surface area contributed by atoms with E-state index < -0.39 is 0 Å². The van der Waals surface area contributed by atoms with Gasteiger partial charge in [0.1, 0.15) is 0 Å². The van der Waals surface area contributed by atoms with Gasteiger partial charge in [-0.3, -0.25) is 15.0 Å². The van der Waals surface area contributed by atoms with Gasteiger partial charge in [0.05, 0.1) is 5.69 Å². The van der Waals surface area contributed by atoms with Gasteiger partial charge in [0.15, 0.2) is 0 Å². The minimum absolute atomic E-state index is 0. The Morgan fingerprint density at radius 2 is 0.676 bits per heavy atom. The Hall–Kier alpha value is -11.1. The molecule has 2 fully saturated rings. The number of para-hydroxylation sites is 3. The zero-order valence-electron chi connectivity index (χ0n) is 60.1. The van der Waals surface area contributed by atoms with Crippen LogP contribution in [-0.2, 0) is 78.0 Å². The molecule has 0 N–H and O–H groups in total. The van der Waals surface area contributed by atoms with Crippen LogP contribution in [0.5, 0.6) is 0 Å². The summed E-state index contributed by atoms with van der Waals surface area (Å²) in [4.78, 5) is 40.6. The second-order valence-corrected chi connectivity index (χ2v) is 28.0. The van der Waals surface area contributed by atoms with Crippen LogP contribution in [0.15, 0.2) is 304 Å². The molecule has 9 aromatic heterocycles. The van der Waals surface area contributed by atoms with Crippen LogP contribution in [0.2, 0.25) is 0 Å². The summed E-state index contributed by atoms with van der Waals surface area (Å²) in [7, 11) is 0. The minimum atomic E-state index is -0.107. The average Bonchev–Trinajstić information content (AvgIpc) is 1.62. The van der Waals surface area contributed by atoms with Gasteiger partial charge in [-0.15, -0.1) is 123 Å². The zero-order chi connectivity index (χ0) is 71.8. The largest absolute Gasteiger partial charge is 3.00 e. The van der Waals surface area contributed by atoms with Crippen LogP contribution >= 0.6 is 0 Å². The zero-order valence-corrected chi connectivity index (χ0v) is 66.6. The molecule has 10 aromatic carbocycles. The van der Waals surface area contributed by atoms with Gasteiger partial charge in [0.25, 0.3) is 0 Å². The average molecular weight is 1980 g/mol. The minimum Gasteiger partial charge on any atom is -0.490 e. The Bertz CT molecular complexity index is 6320. The molecule has 2 saturated carbocycles. The third-order valence-electron chi connectivity index (χ3n) is 21.9. The molecular weight excluding hydrogens is 1910 g/mol. The molecule has 12 nitrogen and oxygen atoms in total. The maximum absolute atomic E-state index is 4.85. The molecular formula is C96H69Au3N12. The molecule has 15 heteroatoms. The van der Waals surface area contributed by atoms with Crippen molar-refractivity contribution in [1.29, 1.82) is 0 Å². The van der Waals surface area contributed by atoms with Gasteiger partial charge in [-0.2, -0.15) is 71.3 Å². The van der Waals surface area contributed by atoms with Crippen molar-refractivity contribution in [3.05, 3.63) is 380 Å². The molecule has 19 aromatic rings. The summed E-state index contributed by atoms with van der Waals surface area (Å²) < 4.78 is 6.80. The van der Waals surface area contributed by atoms with Gasteiger partial charge in [-0.1, -0.05) is 189 Å². The fourth-order valence-electron chi connectivity index (χ4n) is 16.9. The van der Waals surface area contributed by atoms with E-state index in [1.54, 1.807) is 37.2 Å². The monoisotopic (exact) mass is 1980 g/mol. The number of hydrogen-bond donors (Lipinski definition) is 0. The first-order valence-electron chi connectivity index (χ1n) is 37.1. The summed E-state index contributed by atoms with van der Waals surface area (Å²) >= 11 is 0. The Morgan fingerprint density at radius 1 is 0.297 bits per heavy atom. The van der Waals surface area contributed by atoms with Crippen LogP contribution < -0.4 is 15.0 Å². The third-order valence-corrected chi connectivity index (χ3v) is 21.9. The van der Waals surface area contributed by atoms with Crippen LogP contribution in [0.1, 0.15) is 103 Å². The van der Waals surface area contributed by atoms with E-state index in [1.165, 1.54) is 75.7 Å². The molecule has 21 rings (SSSR count). The van der Waals surface area contributed by atoms with Gasteiger partial charge in [-0.25, -0.2) is 0 Å². The molecule has 9 heterocycles. The number of imidazole rings is 3. The molecule has 1 atom stereocenters. The first-order valence-corrected chi connectivity index (χ1v) is 37.1. The number of aromatic nitrogens is 12. The number of rotatable bonds is 13. The van der Waals surface area contributed by atoms with E-state index in [9.17, 15) is 0 Å². The summed E-state index contributed by atoms with van der Waals surface area (Å²) in [5.41, 5.74) is 19.8. The van der Waals surface area contributed by atoms with Gasteiger partial charge >= 0.3 is 67.1 Å². The third kappa shape index (κ3) is 13.9. The maximum Gasteiger partial charge on any atom is 3.00 e. The van der Waals surface area contributed by atoms with Crippen molar-refractivity contribution < 1.29 is 67.1 Å². The molecule has 2 aliphatic rings. The number of benzene rings is 10. The van der Waals surface area contributed by atoms with Gasteiger partial charge in [0.2, 0.25) is 0 Å². The number of pyridine rings is 3. The molecule has 546 valence electrons. The SMILES string of the molecule is [Au+3].[Au+3].[Au+3].[c-]1c(-c2ncc[n-]2)cccc1-n1c2[c-]c(C(c3ccccc3)c3ccccn3)ccc2c2ccccc21.[c-]1c(-c2ncc[n-]2)cccc1-n1c2[c-]c(C3(c4ccccn4)CCCC3)ccc2c2ccccc21.[c-]1c(-c2ncc[n-]2)cccc1-n1c2[c-]c(C3(c4ccccn4)CCCCC3)ccc2c2ccccc21. The summed E-state index contributed by atoms with van der Waals surface area (Å²) in [6.07, 6.45) is 26.5. The van der Waals surface area contributed by atoms with Crippen molar-refractivity contribution in [3.63, 3.8) is 0 Å². The summed E-state index contributed by atoms with van der Waals surface area (Å²) in [5, 5.41) is 7.15. The second kappa shape index (κ2) is 32.5. The topological polar surface area (TPSA) is 134 Å². The van der Waals surface area contributed by atoms with Gasteiger partial charge in [-0.05, 0) is 119 Å². The van der Waals surface area contributed by atoms with E-state index in [4.69, 9.17) is 15.0 Å². The molecule has 1 unspecified atom stereocenters. The molecule has 0 aliphatic heterocycles. The first kappa shape index (κ1) is 74.0. The molecule has 0 radical (unpaired) electrons. The van der Waals surface area contributed by atoms with Crippen LogP contribution in [-0.4, -0.2) is 43.6 Å². The quantitative estimate of drug-likeness (QED) is 0.0817. The van der Waals surface area contributed by atoms with Crippen LogP contribution in [0.3, 0.4) is 0 Å². The molecule has 111 heavy (non-hydrogen) atoms. The van der Waals surface area contributed by atoms with Crippen LogP contribution in [0.25, 0.3) is 117 Å². The first-order chi connectivity index (χ1) is 53.5. The van der Waals surface area contributed by atoms with E-state index in [2.05, 4.69) is 268 Å². The maximum atomic E-state index is 4.85. The van der Waals surface area contributed by atoms with Crippen molar-refractivity contribution in [2.45, 2.75) is 74.5 Å². The number of nitrogens with zero attached hydrogens (tertiary/aromatic N) is 12. The molecule has 0 saturated heterocycles. The number of fused-ring (bicyclic) bond motifs is 9. The van der Waals surface area contributed by atoms with Gasteiger partial charge < -0.3 is 43.6 Å².